The average Bonchev–Trinajstić information content (AvgIpc) is 3.04. The van der Waals surface area contributed by atoms with Gasteiger partial charge in [-0.1, -0.05) is 24.3 Å². The van der Waals surface area contributed by atoms with Crippen LogP contribution in [0.4, 0.5) is 23.0 Å². The van der Waals surface area contributed by atoms with Gasteiger partial charge in [-0.25, -0.2) is 14.6 Å². The van der Waals surface area contributed by atoms with E-state index in [1.54, 1.807) is 0 Å². The van der Waals surface area contributed by atoms with Crippen LogP contribution in [0.15, 0.2) is 53.2 Å². The number of aryl methyl sites for hydroxylation is 1. The van der Waals surface area contributed by atoms with Gasteiger partial charge in [0, 0.05) is 9.26 Å². The van der Waals surface area contributed by atoms with Crippen molar-refractivity contribution >= 4 is 56.9 Å². The minimum absolute atomic E-state index is 0.350. The molecule has 0 spiro atoms. The normalized spacial score (nSPS) is 10.8. The van der Waals surface area contributed by atoms with Crippen LogP contribution in [0.25, 0.3) is 11.3 Å². The Balaban J connectivity index is 1.77. The molecule has 0 unspecified atom stereocenters. The molecule has 2 heterocycles. The lowest BCUT2D eigenvalue weighted by Gasteiger charge is -2.13. The van der Waals surface area contributed by atoms with Crippen LogP contribution in [0, 0.1) is 10.5 Å². The van der Waals surface area contributed by atoms with Gasteiger partial charge in [0.2, 0.25) is 11.3 Å². The fourth-order valence-corrected chi connectivity index (χ4v) is 2.88. The number of nitrogens with zero attached hydrogens (tertiary/aromatic N) is 4. The topological polar surface area (TPSA) is 88.8 Å². The van der Waals surface area contributed by atoms with Crippen molar-refractivity contribution < 1.29 is 4.63 Å². The molecule has 2 aromatic carbocycles. The summed E-state index contributed by atoms with van der Waals surface area (Å²) in [5, 5.41) is 14.1. The second-order valence-corrected chi connectivity index (χ2v) is 6.59. The van der Waals surface area contributed by atoms with Gasteiger partial charge >= 0.3 is 0 Å². The molecule has 0 aliphatic heterocycles. The standard InChI is InChI=1S/C17H13IN6O/c1-10-5-4-6-11(9-10)19-14-15(20-13-8-3-2-7-12(13)18)22-17-16(21-14)23-25-24-17/h2-9H,1H3,(H,19,21,23)(H,20,22,24). The van der Waals surface area contributed by atoms with Crippen LogP contribution in [0.2, 0.25) is 0 Å². The zero-order chi connectivity index (χ0) is 17.2. The zero-order valence-electron chi connectivity index (χ0n) is 13.2. The number of aromatic nitrogens is 4. The summed E-state index contributed by atoms with van der Waals surface area (Å²) in [6, 6.07) is 15.9. The van der Waals surface area contributed by atoms with Crippen molar-refractivity contribution in [1.29, 1.82) is 0 Å². The first kappa shape index (κ1) is 15.8. The smallest absolute Gasteiger partial charge is 0.245 e. The van der Waals surface area contributed by atoms with Crippen LogP contribution in [0.3, 0.4) is 0 Å². The molecule has 0 atom stereocenters. The maximum atomic E-state index is 4.74. The van der Waals surface area contributed by atoms with Crippen LogP contribution >= 0.6 is 22.6 Å². The number of halogens is 1. The fraction of sp³-hybridized carbons (Fsp3) is 0.0588. The summed E-state index contributed by atoms with van der Waals surface area (Å²) in [6.45, 7) is 2.03. The van der Waals surface area contributed by atoms with Gasteiger partial charge in [0.25, 0.3) is 0 Å². The molecule has 124 valence electrons. The van der Waals surface area contributed by atoms with E-state index in [0.29, 0.717) is 22.9 Å². The van der Waals surface area contributed by atoms with Crippen LogP contribution in [-0.2, 0) is 0 Å². The molecule has 2 N–H and O–H groups in total. The van der Waals surface area contributed by atoms with Crippen molar-refractivity contribution in [2.75, 3.05) is 10.6 Å². The highest BCUT2D eigenvalue weighted by atomic mass is 127. The Hall–Kier alpha value is -2.75. The molecular weight excluding hydrogens is 431 g/mol. The Bertz CT molecular complexity index is 1050. The molecule has 7 nitrogen and oxygen atoms in total. The Morgan fingerprint density at radius 3 is 2.32 bits per heavy atom. The summed E-state index contributed by atoms with van der Waals surface area (Å²) in [6.07, 6.45) is 0. The van der Waals surface area contributed by atoms with Crippen molar-refractivity contribution in [3.63, 3.8) is 0 Å². The highest BCUT2D eigenvalue weighted by Gasteiger charge is 2.14. The first-order valence-corrected chi connectivity index (χ1v) is 8.62. The molecule has 0 fully saturated rings. The van der Waals surface area contributed by atoms with E-state index in [1.165, 1.54) is 0 Å². The number of fused-ring (bicyclic) bond motifs is 1. The van der Waals surface area contributed by atoms with Crippen LogP contribution in [0.5, 0.6) is 0 Å². The van der Waals surface area contributed by atoms with Crippen molar-refractivity contribution in [3.05, 3.63) is 57.7 Å². The molecule has 0 aliphatic carbocycles. The molecule has 0 amide bonds. The number of anilines is 4. The first-order chi connectivity index (χ1) is 12.2. The number of rotatable bonds is 4. The lowest BCUT2D eigenvalue weighted by Crippen LogP contribution is -2.04. The third-order valence-corrected chi connectivity index (χ3v) is 4.46. The Morgan fingerprint density at radius 2 is 1.60 bits per heavy atom. The summed E-state index contributed by atoms with van der Waals surface area (Å²) in [5.74, 6) is 1.10. The quantitative estimate of drug-likeness (QED) is 0.451. The van der Waals surface area contributed by atoms with E-state index in [9.17, 15) is 0 Å². The predicted octanol–water partition coefficient (Wildman–Crippen LogP) is 4.41. The molecule has 0 saturated heterocycles. The molecule has 0 aliphatic rings. The number of nitrogens with one attached hydrogen (secondary N) is 2. The molecule has 0 saturated carbocycles. The Kier molecular flexibility index (Phi) is 4.18. The first-order valence-electron chi connectivity index (χ1n) is 7.54. The minimum atomic E-state index is 0.350. The number of hydrogen-bond acceptors (Lipinski definition) is 7. The number of benzene rings is 2. The second-order valence-electron chi connectivity index (χ2n) is 5.43. The van der Waals surface area contributed by atoms with Gasteiger partial charge in [-0.15, -0.1) is 0 Å². The van der Waals surface area contributed by atoms with Crippen LogP contribution in [-0.4, -0.2) is 20.3 Å². The lowest BCUT2D eigenvalue weighted by molar-refractivity contribution is 0.314. The molecule has 25 heavy (non-hydrogen) atoms. The van der Waals surface area contributed by atoms with Crippen molar-refractivity contribution in [2.45, 2.75) is 6.92 Å². The van der Waals surface area contributed by atoms with Gasteiger partial charge in [0.1, 0.15) is 0 Å². The van der Waals surface area contributed by atoms with E-state index in [0.717, 1.165) is 20.5 Å². The predicted molar refractivity (Wildman–Crippen MR) is 104 cm³/mol. The summed E-state index contributed by atoms with van der Waals surface area (Å²) in [4.78, 5) is 8.96. The van der Waals surface area contributed by atoms with Crippen LogP contribution in [0.1, 0.15) is 5.56 Å². The van der Waals surface area contributed by atoms with E-state index in [4.69, 9.17) is 4.63 Å². The monoisotopic (exact) mass is 444 g/mol. The number of para-hydroxylation sites is 1. The SMILES string of the molecule is Cc1cccc(Nc2nc3nonc3nc2Nc2ccccc2I)c1. The van der Waals surface area contributed by atoms with Gasteiger partial charge in [-0.3, -0.25) is 0 Å². The van der Waals surface area contributed by atoms with Crippen molar-refractivity contribution in [2.24, 2.45) is 0 Å². The molecule has 2 aromatic heterocycles. The summed E-state index contributed by atoms with van der Waals surface area (Å²) < 4.78 is 5.81. The lowest BCUT2D eigenvalue weighted by atomic mass is 10.2. The Labute approximate surface area is 157 Å². The molecular formula is C17H13IN6O. The summed E-state index contributed by atoms with van der Waals surface area (Å²) >= 11 is 2.27. The minimum Gasteiger partial charge on any atom is -0.337 e. The molecule has 4 aromatic rings. The largest absolute Gasteiger partial charge is 0.337 e. The van der Waals surface area contributed by atoms with Gasteiger partial charge in [0.05, 0.1) is 5.69 Å². The third kappa shape index (κ3) is 3.38. The highest BCUT2D eigenvalue weighted by Crippen LogP contribution is 2.28. The van der Waals surface area contributed by atoms with E-state index in [-0.39, 0.29) is 0 Å². The fourth-order valence-electron chi connectivity index (χ4n) is 2.36. The van der Waals surface area contributed by atoms with Gasteiger partial charge in [0.15, 0.2) is 11.6 Å². The maximum Gasteiger partial charge on any atom is 0.245 e. The maximum absolute atomic E-state index is 4.74. The number of hydrogen-bond donors (Lipinski definition) is 2. The van der Waals surface area contributed by atoms with Crippen molar-refractivity contribution in [1.82, 2.24) is 20.3 Å². The molecule has 0 radical (unpaired) electrons. The summed E-state index contributed by atoms with van der Waals surface area (Å²) in [5.41, 5.74) is 3.69. The van der Waals surface area contributed by atoms with E-state index < -0.39 is 0 Å². The highest BCUT2D eigenvalue weighted by molar-refractivity contribution is 14.1. The molecule has 8 heteroatoms. The van der Waals surface area contributed by atoms with E-state index >= 15 is 0 Å². The van der Waals surface area contributed by atoms with Gasteiger partial charge < -0.3 is 10.6 Å². The van der Waals surface area contributed by atoms with Gasteiger partial charge in [-0.2, -0.15) is 0 Å². The van der Waals surface area contributed by atoms with Gasteiger partial charge in [-0.05, 0) is 69.7 Å². The average molecular weight is 444 g/mol. The Morgan fingerprint density at radius 1 is 0.880 bits per heavy atom. The molecule has 4 rings (SSSR count). The van der Waals surface area contributed by atoms with E-state index in [2.05, 4.69) is 53.5 Å². The van der Waals surface area contributed by atoms with Crippen molar-refractivity contribution in [3.8, 4) is 0 Å². The summed E-state index contributed by atoms with van der Waals surface area (Å²) in [7, 11) is 0. The van der Waals surface area contributed by atoms with E-state index in [1.807, 2.05) is 55.5 Å². The second kappa shape index (κ2) is 6.63. The van der Waals surface area contributed by atoms with Crippen LogP contribution < -0.4 is 10.6 Å². The molecule has 0 bridgehead atoms. The third-order valence-electron chi connectivity index (χ3n) is 3.52. The zero-order valence-corrected chi connectivity index (χ0v) is 15.4.